The molecule has 0 aromatic carbocycles. The standard InChI is InChI=1S/C16H21N3O2S/c1-4-21-16(20)12-8-22-15-13(12)14(17-9-18-15)19-10(2)6-5-7-11(19)3/h8-11H,4-7H2,1-3H3. The molecule has 5 nitrogen and oxygen atoms in total. The number of esters is 1. The van der Waals surface area contributed by atoms with Crippen LogP contribution in [0.2, 0.25) is 0 Å². The van der Waals surface area contributed by atoms with Gasteiger partial charge in [0.25, 0.3) is 0 Å². The number of aromatic nitrogens is 2. The highest BCUT2D eigenvalue weighted by atomic mass is 32.1. The largest absolute Gasteiger partial charge is 0.462 e. The van der Waals surface area contributed by atoms with Gasteiger partial charge in [0.1, 0.15) is 17.0 Å². The Labute approximate surface area is 134 Å². The van der Waals surface area contributed by atoms with Crippen molar-refractivity contribution in [2.75, 3.05) is 11.5 Å². The molecular weight excluding hydrogens is 298 g/mol. The SMILES string of the molecule is CCOC(=O)c1csc2ncnc(N3C(C)CCCC3C)c12. The average molecular weight is 319 g/mol. The monoisotopic (exact) mass is 319 g/mol. The summed E-state index contributed by atoms with van der Waals surface area (Å²) in [6, 6.07) is 0.827. The van der Waals surface area contributed by atoms with Gasteiger partial charge in [0, 0.05) is 17.5 Å². The molecule has 118 valence electrons. The summed E-state index contributed by atoms with van der Waals surface area (Å²) in [6.45, 7) is 6.63. The summed E-state index contributed by atoms with van der Waals surface area (Å²) >= 11 is 1.47. The maximum Gasteiger partial charge on any atom is 0.339 e. The van der Waals surface area contributed by atoms with Crippen molar-refractivity contribution in [3.63, 3.8) is 0 Å². The minimum atomic E-state index is -0.290. The molecule has 0 saturated carbocycles. The summed E-state index contributed by atoms with van der Waals surface area (Å²) in [5.74, 6) is 0.580. The predicted octanol–water partition coefficient (Wildman–Crippen LogP) is 3.64. The van der Waals surface area contributed by atoms with Crippen molar-refractivity contribution in [2.45, 2.75) is 52.1 Å². The van der Waals surface area contributed by atoms with Gasteiger partial charge in [-0.15, -0.1) is 11.3 Å². The maximum absolute atomic E-state index is 12.2. The Morgan fingerprint density at radius 1 is 1.36 bits per heavy atom. The fourth-order valence-corrected chi connectivity index (χ4v) is 4.12. The molecule has 1 aliphatic rings. The Hall–Kier alpha value is -1.69. The van der Waals surface area contributed by atoms with Crippen molar-refractivity contribution in [2.24, 2.45) is 0 Å². The molecule has 2 aromatic heterocycles. The zero-order valence-corrected chi connectivity index (χ0v) is 14.0. The molecule has 0 amide bonds. The highest BCUT2D eigenvalue weighted by Gasteiger charge is 2.29. The number of ether oxygens (including phenoxy) is 1. The average Bonchev–Trinajstić information content (AvgIpc) is 2.92. The number of anilines is 1. The van der Waals surface area contributed by atoms with E-state index in [1.807, 2.05) is 12.3 Å². The van der Waals surface area contributed by atoms with Crippen LogP contribution in [-0.2, 0) is 4.74 Å². The van der Waals surface area contributed by atoms with Gasteiger partial charge in [-0.3, -0.25) is 0 Å². The third-order valence-corrected chi connectivity index (χ3v) is 5.17. The van der Waals surface area contributed by atoms with E-state index < -0.39 is 0 Å². The first-order valence-electron chi connectivity index (χ1n) is 7.81. The fourth-order valence-electron chi connectivity index (χ4n) is 3.25. The first kappa shape index (κ1) is 15.2. The molecule has 1 aliphatic heterocycles. The third kappa shape index (κ3) is 2.56. The van der Waals surface area contributed by atoms with Crippen molar-refractivity contribution in [1.29, 1.82) is 0 Å². The van der Waals surface area contributed by atoms with E-state index in [1.54, 1.807) is 6.33 Å². The molecule has 2 unspecified atom stereocenters. The van der Waals surface area contributed by atoms with E-state index in [-0.39, 0.29) is 5.97 Å². The molecule has 6 heteroatoms. The minimum Gasteiger partial charge on any atom is -0.462 e. The quantitative estimate of drug-likeness (QED) is 0.809. The molecule has 2 aromatic rings. The lowest BCUT2D eigenvalue weighted by Gasteiger charge is -2.40. The van der Waals surface area contributed by atoms with Gasteiger partial charge in [-0.2, -0.15) is 0 Å². The summed E-state index contributed by atoms with van der Waals surface area (Å²) in [5, 5.41) is 2.67. The molecule has 22 heavy (non-hydrogen) atoms. The van der Waals surface area contributed by atoms with Crippen LogP contribution in [0.25, 0.3) is 10.2 Å². The van der Waals surface area contributed by atoms with Crippen LogP contribution in [-0.4, -0.2) is 34.6 Å². The van der Waals surface area contributed by atoms with Crippen LogP contribution in [0.5, 0.6) is 0 Å². The topological polar surface area (TPSA) is 55.3 Å². The summed E-state index contributed by atoms with van der Waals surface area (Å²) in [4.78, 5) is 24.3. The zero-order chi connectivity index (χ0) is 15.7. The molecule has 1 fully saturated rings. The second-order valence-electron chi connectivity index (χ2n) is 5.78. The van der Waals surface area contributed by atoms with Crippen molar-refractivity contribution in [3.05, 3.63) is 17.3 Å². The molecule has 3 heterocycles. The number of hydrogen-bond donors (Lipinski definition) is 0. The number of carbonyl (C=O) groups is 1. The van der Waals surface area contributed by atoms with E-state index >= 15 is 0 Å². The van der Waals surface area contributed by atoms with E-state index in [0.29, 0.717) is 24.3 Å². The van der Waals surface area contributed by atoms with Gasteiger partial charge in [0.15, 0.2) is 0 Å². The highest BCUT2D eigenvalue weighted by Crippen LogP contribution is 2.36. The second kappa shape index (κ2) is 6.20. The van der Waals surface area contributed by atoms with Crippen molar-refractivity contribution < 1.29 is 9.53 Å². The fraction of sp³-hybridized carbons (Fsp3) is 0.562. The Morgan fingerprint density at radius 3 is 2.77 bits per heavy atom. The van der Waals surface area contributed by atoms with Crippen molar-refractivity contribution in [1.82, 2.24) is 9.97 Å². The maximum atomic E-state index is 12.2. The molecule has 0 spiro atoms. The van der Waals surface area contributed by atoms with Crippen molar-refractivity contribution >= 4 is 33.3 Å². The van der Waals surface area contributed by atoms with Gasteiger partial charge in [0.2, 0.25) is 0 Å². The first-order valence-corrected chi connectivity index (χ1v) is 8.69. The first-order chi connectivity index (χ1) is 10.6. The Balaban J connectivity index is 2.12. The Bertz CT molecular complexity index is 675. The van der Waals surface area contributed by atoms with Gasteiger partial charge in [-0.25, -0.2) is 14.8 Å². The van der Waals surface area contributed by atoms with E-state index in [1.165, 1.54) is 17.8 Å². The van der Waals surface area contributed by atoms with Crippen LogP contribution in [0.3, 0.4) is 0 Å². The molecule has 0 bridgehead atoms. The smallest absolute Gasteiger partial charge is 0.339 e. The van der Waals surface area contributed by atoms with Crippen LogP contribution < -0.4 is 4.90 Å². The molecule has 0 N–H and O–H groups in total. The second-order valence-corrected chi connectivity index (χ2v) is 6.64. The minimum absolute atomic E-state index is 0.290. The Kier molecular flexibility index (Phi) is 4.29. The summed E-state index contributed by atoms with van der Waals surface area (Å²) in [6.07, 6.45) is 5.13. The van der Waals surface area contributed by atoms with E-state index in [4.69, 9.17) is 4.74 Å². The number of fused-ring (bicyclic) bond motifs is 1. The van der Waals surface area contributed by atoms with Crippen LogP contribution in [0.15, 0.2) is 11.7 Å². The summed E-state index contributed by atoms with van der Waals surface area (Å²) in [7, 11) is 0. The van der Waals surface area contributed by atoms with Crippen molar-refractivity contribution in [3.8, 4) is 0 Å². The van der Waals surface area contributed by atoms with E-state index in [9.17, 15) is 4.79 Å². The number of thiophene rings is 1. The molecule has 3 rings (SSSR count). The molecule has 2 atom stereocenters. The van der Waals surface area contributed by atoms with Gasteiger partial charge in [0.05, 0.1) is 17.6 Å². The number of hydrogen-bond acceptors (Lipinski definition) is 6. The number of piperidine rings is 1. The van der Waals surface area contributed by atoms with E-state index in [0.717, 1.165) is 28.9 Å². The van der Waals surface area contributed by atoms with Gasteiger partial charge in [-0.05, 0) is 40.0 Å². The molecule has 0 radical (unpaired) electrons. The van der Waals surface area contributed by atoms with Crippen LogP contribution in [0, 0.1) is 0 Å². The number of carbonyl (C=O) groups excluding carboxylic acids is 1. The normalized spacial score (nSPS) is 22.0. The summed E-state index contributed by atoms with van der Waals surface area (Å²) < 4.78 is 5.18. The zero-order valence-electron chi connectivity index (χ0n) is 13.2. The molecule has 1 saturated heterocycles. The van der Waals surface area contributed by atoms with Crippen LogP contribution >= 0.6 is 11.3 Å². The number of rotatable bonds is 3. The Morgan fingerprint density at radius 2 is 2.09 bits per heavy atom. The van der Waals surface area contributed by atoms with E-state index in [2.05, 4.69) is 28.7 Å². The summed E-state index contributed by atoms with van der Waals surface area (Å²) in [5.41, 5.74) is 0.586. The predicted molar refractivity (Wildman–Crippen MR) is 88.6 cm³/mol. The van der Waals surface area contributed by atoms with Gasteiger partial charge >= 0.3 is 5.97 Å². The van der Waals surface area contributed by atoms with Gasteiger partial charge in [-0.1, -0.05) is 0 Å². The van der Waals surface area contributed by atoms with Crippen LogP contribution in [0.1, 0.15) is 50.4 Å². The lowest BCUT2D eigenvalue weighted by molar-refractivity contribution is 0.0529. The molecular formula is C16H21N3O2S. The number of nitrogens with zero attached hydrogens (tertiary/aromatic N) is 3. The third-order valence-electron chi connectivity index (χ3n) is 4.28. The van der Waals surface area contributed by atoms with Crippen LogP contribution in [0.4, 0.5) is 5.82 Å². The molecule has 0 aliphatic carbocycles. The lowest BCUT2D eigenvalue weighted by Crippen LogP contribution is -2.44. The highest BCUT2D eigenvalue weighted by molar-refractivity contribution is 7.17. The van der Waals surface area contributed by atoms with Gasteiger partial charge < -0.3 is 9.64 Å². The lowest BCUT2D eigenvalue weighted by atomic mass is 9.97.